The molecule has 0 unspecified atom stereocenters. The molecule has 0 atom stereocenters. The average molecular weight is 440 g/mol. The van der Waals surface area contributed by atoms with Gasteiger partial charge < -0.3 is 20.4 Å². The number of carbonyl (C=O) groups is 1. The van der Waals surface area contributed by atoms with Crippen molar-refractivity contribution in [2.45, 2.75) is 26.8 Å². The molecular formula is C23H26ClN5O2. The maximum absolute atomic E-state index is 12.2. The van der Waals surface area contributed by atoms with Crippen molar-refractivity contribution in [1.82, 2.24) is 15.6 Å². The van der Waals surface area contributed by atoms with Gasteiger partial charge in [-0.1, -0.05) is 35.4 Å². The molecule has 1 heterocycles. The molecule has 3 rings (SSSR count). The number of benzene rings is 2. The second-order valence-electron chi connectivity index (χ2n) is 7.07. The molecule has 0 bridgehead atoms. The fraction of sp³-hybridized carbons (Fsp3) is 0.261. The Labute approximate surface area is 186 Å². The minimum atomic E-state index is -0.104. The third-order valence-corrected chi connectivity index (χ3v) is 5.11. The molecule has 1 amide bonds. The number of aryl methyl sites for hydroxylation is 1. The Morgan fingerprint density at radius 3 is 2.65 bits per heavy atom. The van der Waals surface area contributed by atoms with Gasteiger partial charge in [0.2, 0.25) is 11.8 Å². The van der Waals surface area contributed by atoms with Crippen LogP contribution in [0.15, 0.2) is 58.1 Å². The molecule has 3 aromatic rings. The van der Waals surface area contributed by atoms with Crippen LogP contribution >= 0.6 is 11.6 Å². The van der Waals surface area contributed by atoms with Gasteiger partial charge in [-0.05, 0) is 43.7 Å². The molecule has 3 N–H and O–H groups in total. The van der Waals surface area contributed by atoms with E-state index in [1.54, 1.807) is 19.4 Å². The molecule has 0 fully saturated rings. The van der Waals surface area contributed by atoms with Gasteiger partial charge in [-0.3, -0.25) is 9.79 Å². The molecule has 162 valence electrons. The van der Waals surface area contributed by atoms with Crippen molar-refractivity contribution in [2.24, 2.45) is 4.99 Å². The Kier molecular flexibility index (Phi) is 7.67. The molecule has 31 heavy (non-hydrogen) atoms. The molecule has 0 saturated carbocycles. The molecule has 7 nitrogen and oxygen atoms in total. The summed E-state index contributed by atoms with van der Waals surface area (Å²) in [5.74, 6) is 1.05. The number of guanidine groups is 1. The van der Waals surface area contributed by atoms with E-state index in [1.807, 2.05) is 50.2 Å². The van der Waals surface area contributed by atoms with Crippen LogP contribution < -0.4 is 16.0 Å². The number of nitrogens with one attached hydrogen (secondary N) is 3. The lowest BCUT2D eigenvalue weighted by molar-refractivity contribution is -0.116. The fourth-order valence-electron chi connectivity index (χ4n) is 2.86. The Balaban J connectivity index is 1.44. The molecule has 0 spiro atoms. The number of hydrogen-bond donors (Lipinski definition) is 3. The van der Waals surface area contributed by atoms with E-state index in [-0.39, 0.29) is 12.3 Å². The number of oxazole rings is 1. The third kappa shape index (κ3) is 6.33. The summed E-state index contributed by atoms with van der Waals surface area (Å²) in [6.45, 7) is 4.78. The summed E-state index contributed by atoms with van der Waals surface area (Å²) >= 11 is 6.09. The number of halogens is 1. The number of aliphatic imine (C=N–C) groups is 1. The van der Waals surface area contributed by atoms with Crippen molar-refractivity contribution in [3.8, 4) is 11.5 Å². The van der Waals surface area contributed by atoms with Crippen LogP contribution in [0.5, 0.6) is 0 Å². The lowest BCUT2D eigenvalue weighted by Crippen LogP contribution is -2.38. The van der Waals surface area contributed by atoms with Crippen molar-refractivity contribution in [3.05, 3.63) is 70.6 Å². The SMILES string of the molecule is CN=C(NCCC(=O)Nc1cccc(Cl)c1C)NCc1coc(-c2ccc(C)cc2)n1. The Hall–Kier alpha value is -3.32. The van der Waals surface area contributed by atoms with Crippen LogP contribution in [0.4, 0.5) is 5.69 Å². The van der Waals surface area contributed by atoms with Crippen molar-refractivity contribution in [3.63, 3.8) is 0 Å². The van der Waals surface area contributed by atoms with Crippen LogP contribution in [-0.4, -0.2) is 30.4 Å². The lowest BCUT2D eigenvalue weighted by atomic mass is 10.1. The number of hydrogen-bond acceptors (Lipinski definition) is 4. The van der Waals surface area contributed by atoms with Gasteiger partial charge in [0.05, 0.1) is 12.2 Å². The Bertz CT molecular complexity index is 1060. The standard InChI is InChI=1S/C23H26ClN5O2/c1-15-7-9-17(10-8-15)22-28-18(14-31-22)13-27-23(25-3)26-12-11-21(30)29-20-6-4-5-19(24)16(20)2/h4-10,14H,11-13H2,1-3H3,(H,29,30)(H2,25,26,27). The van der Waals surface area contributed by atoms with E-state index in [9.17, 15) is 4.79 Å². The smallest absolute Gasteiger partial charge is 0.226 e. The second-order valence-corrected chi connectivity index (χ2v) is 7.48. The van der Waals surface area contributed by atoms with E-state index in [0.717, 1.165) is 22.5 Å². The van der Waals surface area contributed by atoms with E-state index >= 15 is 0 Å². The minimum absolute atomic E-state index is 0.104. The van der Waals surface area contributed by atoms with Crippen molar-refractivity contribution < 1.29 is 9.21 Å². The zero-order valence-electron chi connectivity index (χ0n) is 17.8. The van der Waals surface area contributed by atoms with Gasteiger partial charge in [0.15, 0.2) is 5.96 Å². The average Bonchev–Trinajstić information content (AvgIpc) is 3.23. The first-order valence-corrected chi connectivity index (χ1v) is 10.3. The highest BCUT2D eigenvalue weighted by atomic mass is 35.5. The highest BCUT2D eigenvalue weighted by Crippen LogP contribution is 2.23. The number of anilines is 1. The van der Waals surface area contributed by atoms with Crippen molar-refractivity contribution >= 4 is 29.2 Å². The second kappa shape index (κ2) is 10.6. The number of rotatable bonds is 7. The lowest BCUT2D eigenvalue weighted by Gasteiger charge is -2.12. The van der Waals surface area contributed by atoms with Crippen molar-refractivity contribution in [1.29, 1.82) is 0 Å². The molecular weight excluding hydrogens is 414 g/mol. The van der Waals surface area contributed by atoms with Crippen molar-refractivity contribution in [2.75, 3.05) is 18.9 Å². The van der Waals surface area contributed by atoms with Crippen LogP contribution in [0.1, 0.15) is 23.2 Å². The molecule has 0 aliphatic rings. The summed E-state index contributed by atoms with van der Waals surface area (Å²) in [6.07, 6.45) is 1.91. The highest BCUT2D eigenvalue weighted by Gasteiger charge is 2.09. The highest BCUT2D eigenvalue weighted by molar-refractivity contribution is 6.31. The van der Waals surface area contributed by atoms with Crippen LogP contribution in [-0.2, 0) is 11.3 Å². The maximum Gasteiger partial charge on any atom is 0.226 e. The van der Waals surface area contributed by atoms with E-state index in [1.165, 1.54) is 5.56 Å². The summed E-state index contributed by atoms with van der Waals surface area (Å²) in [5.41, 5.74) is 4.44. The quantitative estimate of drug-likeness (QED) is 0.377. The third-order valence-electron chi connectivity index (χ3n) is 4.70. The fourth-order valence-corrected chi connectivity index (χ4v) is 3.04. The normalized spacial score (nSPS) is 11.3. The van der Waals surface area contributed by atoms with Gasteiger partial charge in [0, 0.05) is 36.3 Å². The first-order chi connectivity index (χ1) is 15.0. The van der Waals surface area contributed by atoms with Gasteiger partial charge in [-0.25, -0.2) is 4.98 Å². The van der Waals surface area contributed by atoms with Gasteiger partial charge in [0.25, 0.3) is 0 Å². The van der Waals surface area contributed by atoms with Crippen LogP contribution in [0.25, 0.3) is 11.5 Å². The molecule has 0 aliphatic carbocycles. The van der Waals surface area contributed by atoms with Crippen LogP contribution in [0.3, 0.4) is 0 Å². The molecule has 0 aliphatic heterocycles. The van der Waals surface area contributed by atoms with Gasteiger partial charge in [0.1, 0.15) is 6.26 Å². The molecule has 0 saturated heterocycles. The van der Waals surface area contributed by atoms with Gasteiger partial charge in [-0.15, -0.1) is 0 Å². The molecule has 8 heteroatoms. The zero-order chi connectivity index (χ0) is 22.2. The first-order valence-electron chi connectivity index (χ1n) is 9.97. The van der Waals surface area contributed by atoms with Gasteiger partial charge >= 0.3 is 0 Å². The van der Waals surface area contributed by atoms with Crippen LogP contribution in [0, 0.1) is 13.8 Å². The number of aromatic nitrogens is 1. The first kappa shape index (κ1) is 22.4. The predicted octanol–water partition coefficient (Wildman–Crippen LogP) is 4.31. The van der Waals surface area contributed by atoms with E-state index < -0.39 is 0 Å². The molecule has 0 radical (unpaired) electrons. The summed E-state index contributed by atoms with van der Waals surface area (Å²) in [4.78, 5) is 20.9. The Morgan fingerprint density at radius 2 is 1.90 bits per heavy atom. The molecule has 1 aromatic heterocycles. The largest absolute Gasteiger partial charge is 0.444 e. The van der Waals surface area contributed by atoms with E-state index in [0.29, 0.717) is 30.0 Å². The molecule has 2 aromatic carbocycles. The van der Waals surface area contributed by atoms with Crippen LogP contribution in [0.2, 0.25) is 5.02 Å². The van der Waals surface area contributed by atoms with E-state index in [2.05, 4.69) is 25.9 Å². The zero-order valence-corrected chi connectivity index (χ0v) is 18.6. The maximum atomic E-state index is 12.2. The minimum Gasteiger partial charge on any atom is -0.444 e. The predicted molar refractivity (Wildman–Crippen MR) is 124 cm³/mol. The topological polar surface area (TPSA) is 91.5 Å². The Morgan fingerprint density at radius 1 is 1.13 bits per heavy atom. The number of carbonyl (C=O) groups excluding carboxylic acids is 1. The van der Waals surface area contributed by atoms with E-state index in [4.69, 9.17) is 16.0 Å². The summed E-state index contributed by atoms with van der Waals surface area (Å²) in [7, 11) is 1.67. The summed E-state index contributed by atoms with van der Waals surface area (Å²) < 4.78 is 5.57. The van der Waals surface area contributed by atoms with Gasteiger partial charge in [-0.2, -0.15) is 0 Å². The summed E-state index contributed by atoms with van der Waals surface area (Å²) in [6, 6.07) is 13.4. The summed E-state index contributed by atoms with van der Waals surface area (Å²) in [5, 5.41) is 9.79. The number of nitrogens with zero attached hydrogens (tertiary/aromatic N) is 2. The monoisotopic (exact) mass is 439 g/mol. The number of amides is 1.